The van der Waals surface area contributed by atoms with E-state index in [4.69, 9.17) is 23.2 Å². The number of anilines is 1. The molecule has 20 heavy (non-hydrogen) atoms. The average molecular weight is 329 g/mol. The summed E-state index contributed by atoms with van der Waals surface area (Å²) in [7, 11) is 0. The third kappa shape index (κ3) is 4.57. The molecule has 9 heteroatoms. The van der Waals surface area contributed by atoms with Crippen LogP contribution in [-0.4, -0.2) is 17.3 Å². The number of carbonyl (C=O) groups excluding carboxylic acids is 2. The second-order valence-electron chi connectivity index (χ2n) is 3.75. The summed E-state index contributed by atoms with van der Waals surface area (Å²) in [5, 5.41) is 2.84. The largest absolute Gasteiger partial charge is 0.416 e. The predicted octanol–water partition coefficient (Wildman–Crippen LogP) is 3.63. The second kappa shape index (κ2) is 6.32. The third-order valence-corrected chi connectivity index (χ3v) is 2.67. The van der Waals surface area contributed by atoms with Gasteiger partial charge < -0.3 is 5.32 Å². The standard InChI is InChI=1S/C11H9Cl2F3N2O2/c1-5(12)9(19)18-10(20)17-8-4-6(11(14,15)16)2-3-7(8)13/h2-5H,1H3,(H2,17,18,19,20). The number of carbonyl (C=O) groups is 2. The topological polar surface area (TPSA) is 58.2 Å². The highest BCUT2D eigenvalue weighted by Crippen LogP contribution is 2.33. The molecule has 2 N–H and O–H groups in total. The summed E-state index contributed by atoms with van der Waals surface area (Å²) < 4.78 is 37.5. The Hall–Kier alpha value is -1.47. The summed E-state index contributed by atoms with van der Waals surface area (Å²) in [4.78, 5) is 22.5. The van der Waals surface area contributed by atoms with Crippen molar-refractivity contribution in [2.75, 3.05) is 5.32 Å². The minimum atomic E-state index is -4.57. The quantitative estimate of drug-likeness (QED) is 0.814. The molecule has 0 aliphatic carbocycles. The van der Waals surface area contributed by atoms with E-state index in [-0.39, 0.29) is 10.7 Å². The highest BCUT2D eigenvalue weighted by molar-refractivity contribution is 6.34. The van der Waals surface area contributed by atoms with Gasteiger partial charge in [0, 0.05) is 0 Å². The lowest BCUT2D eigenvalue weighted by molar-refractivity contribution is -0.137. The van der Waals surface area contributed by atoms with Gasteiger partial charge in [-0.3, -0.25) is 10.1 Å². The van der Waals surface area contributed by atoms with Crippen LogP contribution in [0.25, 0.3) is 0 Å². The zero-order valence-electron chi connectivity index (χ0n) is 10.0. The van der Waals surface area contributed by atoms with Gasteiger partial charge in [-0.15, -0.1) is 11.6 Å². The first-order valence-corrected chi connectivity index (χ1v) is 6.05. The molecule has 0 aliphatic rings. The fourth-order valence-electron chi connectivity index (χ4n) is 1.16. The van der Waals surface area contributed by atoms with Crippen LogP contribution >= 0.6 is 23.2 Å². The summed E-state index contributed by atoms with van der Waals surface area (Å²) in [6.07, 6.45) is -4.57. The number of alkyl halides is 4. The minimum absolute atomic E-state index is 0.0977. The van der Waals surface area contributed by atoms with Crippen molar-refractivity contribution in [3.8, 4) is 0 Å². The van der Waals surface area contributed by atoms with Crippen LogP contribution in [0.1, 0.15) is 12.5 Å². The summed E-state index contributed by atoms with van der Waals surface area (Å²) >= 11 is 11.1. The van der Waals surface area contributed by atoms with E-state index < -0.39 is 29.1 Å². The molecule has 1 aromatic carbocycles. The van der Waals surface area contributed by atoms with Crippen molar-refractivity contribution in [2.45, 2.75) is 18.5 Å². The van der Waals surface area contributed by atoms with E-state index in [9.17, 15) is 22.8 Å². The zero-order valence-corrected chi connectivity index (χ0v) is 11.5. The fraction of sp³-hybridized carbons (Fsp3) is 0.273. The number of amides is 3. The average Bonchev–Trinajstić information content (AvgIpc) is 2.30. The molecule has 0 saturated carbocycles. The Bertz CT molecular complexity index is 533. The molecule has 0 fully saturated rings. The van der Waals surface area contributed by atoms with Gasteiger partial charge >= 0.3 is 12.2 Å². The molecule has 1 rings (SSSR count). The second-order valence-corrected chi connectivity index (χ2v) is 4.81. The van der Waals surface area contributed by atoms with Crippen molar-refractivity contribution in [1.29, 1.82) is 0 Å². The van der Waals surface area contributed by atoms with Gasteiger partial charge in [-0.1, -0.05) is 11.6 Å². The Kier molecular flexibility index (Phi) is 5.24. The Morgan fingerprint density at radius 2 is 1.90 bits per heavy atom. The third-order valence-electron chi connectivity index (χ3n) is 2.14. The molecule has 3 amide bonds. The maximum absolute atomic E-state index is 12.5. The Morgan fingerprint density at radius 3 is 2.40 bits per heavy atom. The number of hydrogen-bond donors (Lipinski definition) is 2. The molecule has 0 heterocycles. The SMILES string of the molecule is CC(Cl)C(=O)NC(=O)Nc1cc(C(F)(F)F)ccc1Cl. The lowest BCUT2D eigenvalue weighted by Crippen LogP contribution is -2.38. The van der Waals surface area contributed by atoms with Gasteiger partial charge in [0.25, 0.3) is 0 Å². The zero-order chi connectivity index (χ0) is 15.5. The van der Waals surface area contributed by atoms with Gasteiger partial charge in [-0.05, 0) is 25.1 Å². The minimum Gasteiger partial charge on any atom is -0.306 e. The highest BCUT2D eigenvalue weighted by Gasteiger charge is 2.31. The van der Waals surface area contributed by atoms with Crippen molar-refractivity contribution >= 4 is 40.8 Å². The Morgan fingerprint density at radius 1 is 1.30 bits per heavy atom. The molecule has 1 unspecified atom stereocenters. The molecule has 4 nitrogen and oxygen atoms in total. The monoisotopic (exact) mass is 328 g/mol. The molecule has 0 aromatic heterocycles. The van der Waals surface area contributed by atoms with Gasteiger partial charge in [0.05, 0.1) is 16.3 Å². The van der Waals surface area contributed by atoms with Crippen LogP contribution in [0.3, 0.4) is 0 Å². The first-order valence-electron chi connectivity index (χ1n) is 5.24. The smallest absolute Gasteiger partial charge is 0.306 e. The summed E-state index contributed by atoms with van der Waals surface area (Å²) in [5.41, 5.74) is -1.25. The van der Waals surface area contributed by atoms with Crippen molar-refractivity contribution in [3.63, 3.8) is 0 Å². The number of nitrogens with one attached hydrogen (secondary N) is 2. The number of rotatable bonds is 2. The molecule has 110 valence electrons. The molecule has 0 aliphatic heterocycles. The number of benzene rings is 1. The van der Waals surface area contributed by atoms with Crippen LogP contribution in [0.4, 0.5) is 23.7 Å². The van der Waals surface area contributed by atoms with Crippen LogP contribution in [-0.2, 0) is 11.0 Å². The van der Waals surface area contributed by atoms with E-state index in [1.807, 2.05) is 10.6 Å². The Labute approximate surface area is 122 Å². The van der Waals surface area contributed by atoms with E-state index >= 15 is 0 Å². The lowest BCUT2D eigenvalue weighted by Gasteiger charge is -2.12. The van der Waals surface area contributed by atoms with Crippen molar-refractivity contribution < 1.29 is 22.8 Å². The number of imide groups is 1. The van der Waals surface area contributed by atoms with Crippen LogP contribution in [0.5, 0.6) is 0 Å². The van der Waals surface area contributed by atoms with Gasteiger partial charge in [0.15, 0.2) is 0 Å². The number of hydrogen-bond acceptors (Lipinski definition) is 2. The van der Waals surface area contributed by atoms with Crippen molar-refractivity contribution in [3.05, 3.63) is 28.8 Å². The van der Waals surface area contributed by atoms with Gasteiger partial charge in [0.2, 0.25) is 5.91 Å². The van der Waals surface area contributed by atoms with E-state index in [0.29, 0.717) is 6.07 Å². The molecule has 1 aromatic rings. The first kappa shape index (κ1) is 16.6. The molecule has 0 spiro atoms. The van der Waals surface area contributed by atoms with Crippen molar-refractivity contribution in [1.82, 2.24) is 5.32 Å². The van der Waals surface area contributed by atoms with Crippen LogP contribution in [0.15, 0.2) is 18.2 Å². The van der Waals surface area contributed by atoms with E-state index in [2.05, 4.69) is 0 Å². The summed E-state index contributed by atoms with van der Waals surface area (Å²) in [5.74, 6) is -0.785. The number of urea groups is 1. The van der Waals surface area contributed by atoms with Gasteiger partial charge in [-0.2, -0.15) is 13.2 Å². The van der Waals surface area contributed by atoms with Crippen LogP contribution < -0.4 is 10.6 Å². The van der Waals surface area contributed by atoms with E-state index in [1.54, 1.807) is 0 Å². The first-order chi connectivity index (χ1) is 9.11. The van der Waals surface area contributed by atoms with Gasteiger partial charge in [-0.25, -0.2) is 4.79 Å². The normalized spacial score (nSPS) is 12.7. The van der Waals surface area contributed by atoms with E-state index in [0.717, 1.165) is 12.1 Å². The molecule has 0 radical (unpaired) electrons. The highest BCUT2D eigenvalue weighted by atomic mass is 35.5. The summed E-state index contributed by atoms with van der Waals surface area (Å²) in [6.45, 7) is 1.33. The summed E-state index contributed by atoms with van der Waals surface area (Å²) in [6, 6.07) is 1.41. The van der Waals surface area contributed by atoms with Crippen LogP contribution in [0, 0.1) is 0 Å². The molecule has 0 bridgehead atoms. The predicted molar refractivity (Wildman–Crippen MR) is 68.9 cm³/mol. The molecule has 0 saturated heterocycles. The molecular weight excluding hydrogens is 320 g/mol. The Balaban J connectivity index is 2.87. The number of halogens is 5. The van der Waals surface area contributed by atoms with Crippen molar-refractivity contribution in [2.24, 2.45) is 0 Å². The van der Waals surface area contributed by atoms with E-state index in [1.165, 1.54) is 6.92 Å². The van der Waals surface area contributed by atoms with Gasteiger partial charge in [0.1, 0.15) is 5.38 Å². The maximum atomic E-state index is 12.5. The maximum Gasteiger partial charge on any atom is 0.416 e. The van der Waals surface area contributed by atoms with Crippen LogP contribution in [0.2, 0.25) is 5.02 Å². The fourth-order valence-corrected chi connectivity index (χ4v) is 1.38. The molecule has 1 atom stereocenters. The molecular formula is C11H9Cl2F3N2O2. The lowest BCUT2D eigenvalue weighted by atomic mass is 10.2.